The van der Waals surface area contributed by atoms with E-state index in [0.29, 0.717) is 6.61 Å². The monoisotopic (exact) mass is 580 g/mol. The van der Waals surface area contributed by atoms with Gasteiger partial charge < -0.3 is 14.0 Å². The van der Waals surface area contributed by atoms with Gasteiger partial charge in [0.15, 0.2) is 0 Å². The zero-order valence-corrected chi connectivity index (χ0v) is 29.7. The quantitative estimate of drug-likeness (QED) is 0.0613. The van der Waals surface area contributed by atoms with Gasteiger partial charge >= 0.3 is 0 Å². The smallest absolute Gasteiger partial charge is 0.131 e. The molecular formula is C31H70O3P2Si. The van der Waals surface area contributed by atoms with Crippen molar-refractivity contribution in [2.75, 3.05) is 37.9 Å². The predicted molar refractivity (Wildman–Crippen MR) is 175 cm³/mol. The first-order valence-electron chi connectivity index (χ1n) is 16.2. The highest BCUT2D eigenvalue weighted by Gasteiger charge is 2.34. The highest BCUT2D eigenvalue weighted by molar-refractivity contribution is 7.75. The highest BCUT2D eigenvalue weighted by Crippen LogP contribution is 2.61. The molecule has 0 aliphatic carbocycles. The zero-order chi connectivity index (χ0) is 28.5. The van der Waals surface area contributed by atoms with Gasteiger partial charge in [-0.15, -0.1) is 0 Å². The second-order valence-corrected chi connectivity index (χ2v) is 24.6. The third kappa shape index (κ3) is 31.2. The molecule has 0 heterocycles. The van der Waals surface area contributed by atoms with Crippen LogP contribution in [-0.2, 0) is 9.09 Å². The molecule has 0 aromatic carbocycles. The van der Waals surface area contributed by atoms with Crippen LogP contribution >= 0.6 is 14.9 Å². The molecule has 0 amide bonds. The molecule has 6 heteroatoms. The normalized spacial score (nSPS) is 13.8. The molecule has 0 aliphatic heterocycles. The molecule has 3 nitrogen and oxygen atoms in total. The molecule has 0 spiro atoms. The average molecular weight is 581 g/mol. The van der Waals surface area contributed by atoms with Crippen LogP contribution in [0.25, 0.3) is 0 Å². The standard InChI is InChI=1S/C24H52P.C7H19O3PSi/c1-5-9-13-14-15-16-17-18-19-20-24-25(21-10-6-2,22-11-7-3)23-12-8-4;1-11(8,9)10-6-5-7-12(2,3)4/h5-24H2,1-4H3;5-7H2,1-4H3,(H,8,9)/q+1;/p-1. The predicted octanol–water partition coefficient (Wildman–Crippen LogP) is 11.2. The Kier molecular flexibility index (Phi) is 27.8. The molecule has 0 aliphatic rings. The van der Waals surface area contributed by atoms with E-state index in [1.54, 1.807) is 31.1 Å². The molecule has 0 aromatic heterocycles. The Morgan fingerprint density at radius 2 is 0.946 bits per heavy atom. The maximum Gasteiger partial charge on any atom is 0.131 e. The molecule has 0 saturated carbocycles. The number of hydrogen-bond acceptors (Lipinski definition) is 3. The zero-order valence-electron chi connectivity index (χ0n) is 26.9. The lowest BCUT2D eigenvalue weighted by atomic mass is 10.1. The molecule has 0 fully saturated rings. The molecule has 0 bridgehead atoms. The molecule has 0 radical (unpaired) electrons. The van der Waals surface area contributed by atoms with Crippen LogP contribution in [0.5, 0.6) is 0 Å². The SMILES string of the molecule is CCCCCCCCCCCC[P+](CCCC)(CCCC)CCCC.C[Si](C)(C)CCCOP(C)(=O)[O-]. The topological polar surface area (TPSA) is 49.4 Å². The van der Waals surface area contributed by atoms with Crippen LogP contribution in [0.2, 0.25) is 25.7 Å². The van der Waals surface area contributed by atoms with Gasteiger partial charge in [0, 0.05) is 22.0 Å². The van der Waals surface area contributed by atoms with Gasteiger partial charge in [0.1, 0.15) is 7.60 Å². The fourth-order valence-electron chi connectivity index (χ4n) is 4.92. The van der Waals surface area contributed by atoms with Gasteiger partial charge in [0.25, 0.3) is 0 Å². The minimum Gasteiger partial charge on any atom is -0.779 e. The first-order valence-corrected chi connectivity index (χ1v) is 24.5. The highest BCUT2D eigenvalue weighted by atomic mass is 31.2. The van der Waals surface area contributed by atoms with Gasteiger partial charge in [0.05, 0.1) is 31.3 Å². The average Bonchev–Trinajstić information content (AvgIpc) is 2.83. The molecule has 0 aromatic rings. The summed E-state index contributed by atoms with van der Waals surface area (Å²) in [5.41, 5.74) is 0. The molecule has 226 valence electrons. The van der Waals surface area contributed by atoms with Gasteiger partial charge in [-0.2, -0.15) is 0 Å². The van der Waals surface area contributed by atoms with E-state index in [2.05, 4.69) is 51.9 Å². The lowest BCUT2D eigenvalue weighted by Crippen LogP contribution is -2.19. The Labute approximate surface area is 237 Å². The van der Waals surface area contributed by atoms with Crippen molar-refractivity contribution in [3.05, 3.63) is 0 Å². The fraction of sp³-hybridized carbons (Fsp3) is 1.00. The van der Waals surface area contributed by atoms with Crippen molar-refractivity contribution in [3.63, 3.8) is 0 Å². The van der Waals surface area contributed by atoms with E-state index in [4.69, 9.17) is 0 Å². The molecular weight excluding hydrogens is 510 g/mol. The Balaban J connectivity index is 0. The Hall–Kier alpha value is 0.797. The first kappa shape index (κ1) is 39.9. The summed E-state index contributed by atoms with van der Waals surface area (Å²) < 4.78 is 15.2. The second-order valence-electron chi connectivity index (χ2n) is 12.7. The van der Waals surface area contributed by atoms with Crippen molar-refractivity contribution in [3.8, 4) is 0 Å². The summed E-state index contributed by atoms with van der Waals surface area (Å²) in [4.78, 5) is 10.6. The number of hydrogen-bond donors (Lipinski definition) is 0. The maximum absolute atomic E-state index is 10.6. The van der Waals surface area contributed by atoms with Gasteiger partial charge in [-0.25, -0.2) is 0 Å². The van der Waals surface area contributed by atoms with Gasteiger partial charge in [-0.05, 0) is 38.5 Å². The van der Waals surface area contributed by atoms with Crippen molar-refractivity contribution in [2.45, 2.75) is 163 Å². The van der Waals surface area contributed by atoms with Crippen molar-refractivity contribution in [2.24, 2.45) is 0 Å². The Bertz CT molecular complexity index is 495. The summed E-state index contributed by atoms with van der Waals surface area (Å²) in [5, 5.41) is 0. The third-order valence-electron chi connectivity index (χ3n) is 7.34. The van der Waals surface area contributed by atoms with Crippen LogP contribution in [0, 0.1) is 0 Å². The van der Waals surface area contributed by atoms with Crippen molar-refractivity contribution >= 4 is 22.9 Å². The van der Waals surface area contributed by atoms with Crippen LogP contribution < -0.4 is 4.89 Å². The summed E-state index contributed by atoms with van der Waals surface area (Å²) >= 11 is 0. The second kappa shape index (κ2) is 25.7. The van der Waals surface area contributed by atoms with E-state index in [1.807, 2.05) is 0 Å². The van der Waals surface area contributed by atoms with E-state index in [-0.39, 0.29) is 0 Å². The van der Waals surface area contributed by atoms with Crippen molar-refractivity contribution in [1.29, 1.82) is 0 Å². The van der Waals surface area contributed by atoms with E-state index in [9.17, 15) is 9.46 Å². The fourth-order valence-corrected chi connectivity index (χ4v) is 11.8. The number of rotatable bonds is 25. The van der Waals surface area contributed by atoms with Crippen LogP contribution in [0.3, 0.4) is 0 Å². The third-order valence-corrected chi connectivity index (χ3v) is 14.9. The van der Waals surface area contributed by atoms with Crippen LogP contribution in [0.15, 0.2) is 0 Å². The molecule has 1 atom stereocenters. The summed E-state index contributed by atoms with van der Waals surface area (Å²) in [5.74, 6) is 0. The lowest BCUT2D eigenvalue weighted by Gasteiger charge is -2.28. The summed E-state index contributed by atoms with van der Waals surface area (Å²) in [6.45, 7) is 17.7. The minimum atomic E-state index is -3.48. The largest absolute Gasteiger partial charge is 0.779 e. The van der Waals surface area contributed by atoms with Gasteiger partial charge in [-0.3, -0.25) is 0 Å². The van der Waals surface area contributed by atoms with Crippen molar-refractivity contribution in [1.82, 2.24) is 0 Å². The lowest BCUT2D eigenvalue weighted by molar-refractivity contribution is -0.196. The maximum atomic E-state index is 10.6. The van der Waals surface area contributed by atoms with E-state index in [1.165, 1.54) is 96.3 Å². The van der Waals surface area contributed by atoms with E-state index < -0.39 is 22.9 Å². The summed E-state index contributed by atoms with van der Waals surface area (Å²) in [7, 11) is -5.13. The molecule has 37 heavy (non-hydrogen) atoms. The Morgan fingerprint density at radius 3 is 1.30 bits per heavy atom. The molecule has 0 N–H and O–H groups in total. The molecule has 0 saturated heterocycles. The van der Waals surface area contributed by atoms with E-state index in [0.717, 1.165) is 19.1 Å². The minimum absolute atomic E-state index is 0.349. The van der Waals surface area contributed by atoms with Crippen LogP contribution in [0.4, 0.5) is 0 Å². The summed E-state index contributed by atoms with van der Waals surface area (Å²) in [6, 6.07) is 1.12. The Morgan fingerprint density at radius 1 is 0.595 bits per heavy atom. The van der Waals surface area contributed by atoms with Crippen molar-refractivity contribution < 1.29 is 14.0 Å². The van der Waals surface area contributed by atoms with Gasteiger partial charge in [0.2, 0.25) is 0 Å². The van der Waals surface area contributed by atoms with E-state index >= 15 is 0 Å². The van der Waals surface area contributed by atoms with Crippen LogP contribution in [0.1, 0.15) is 137 Å². The van der Waals surface area contributed by atoms with Gasteiger partial charge in [-0.1, -0.05) is 124 Å². The summed E-state index contributed by atoms with van der Waals surface area (Å²) in [6.07, 6.45) is 30.8. The number of unbranched alkanes of at least 4 members (excludes halogenated alkanes) is 12. The molecule has 0 rings (SSSR count). The van der Waals surface area contributed by atoms with Crippen LogP contribution in [-0.4, -0.2) is 46.0 Å². The molecule has 1 unspecified atom stereocenters. The first-order chi connectivity index (χ1) is 17.4.